The number of amides is 2. The molecule has 114 valence electrons. The van der Waals surface area contributed by atoms with Gasteiger partial charge in [0.25, 0.3) is 5.56 Å². The molecule has 1 aromatic heterocycles. The molecule has 1 atom stereocenters. The first-order valence-electron chi connectivity index (χ1n) is 7.27. The van der Waals surface area contributed by atoms with Gasteiger partial charge < -0.3 is 9.47 Å². The van der Waals surface area contributed by atoms with Gasteiger partial charge in [-0.3, -0.25) is 10.1 Å². The Bertz CT molecular complexity index is 726. The summed E-state index contributed by atoms with van der Waals surface area (Å²) >= 11 is 0. The van der Waals surface area contributed by atoms with E-state index in [4.69, 9.17) is 0 Å². The fraction of sp³-hybridized carbons (Fsp3) is 0.312. The van der Waals surface area contributed by atoms with E-state index >= 15 is 0 Å². The smallest absolute Gasteiger partial charge is 0.323 e. The predicted octanol–water partition coefficient (Wildman–Crippen LogP) is 1.80. The number of likely N-dealkylation sites (tertiary alicyclic amines) is 1. The second-order valence-electron chi connectivity index (χ2n) is 5.46. The van der Waals surface area contributed by atoms with Crippen molar-refractivity contribution in [2.45, 2.75) is 12.3 Å². The Labute approximate surface area is 128 Å². The molecule has 0 spiro atoms. The molecule has 3 rings (SSSR count). The number of carbonyl (C=O) groups excluding carboxylic acids is 1. The summed E-state index contributed by atoms with van der Waals surface area (Å²) in [4.78, 5) is 29.8. The number of urea groups is 1. The summed E-state index contributed by atoms with van der Waals surface area (Å²) in [5.41, 5.74) is 0.932. The van der Waals surface area contributed by atoms with Gasteiger partial charge in [0.2, 0.25) is 5.82 Å². The van der Waals surface area contributed by atoms with E-state index in [-0.39, 0.29) is 17.4 Å². The molecule has 2 heterocycles. The minimum atomic E-state index is -0.311. The Morgan fingerprint density at radius 1 is 1.32 bits per heavy atom. The lowest BCUT2D eigenvalue weighted by Gasteiger charge is -2.17. The van der Waals surface area contributed by atoms with Gasteiger partial charge in [-0.25, -0.2) is 9.78 Å². The summed E-state index contributed by atoms with van der Waals surface area (Å²) in [6.45, 7) is 1.33. The van der Waals surface area contributed by atoms with Gasteiger partial charge in [-0.1, -0.05) is 30.3 Å². The molecule has 0 radical (unpaired) electrons. The molecule has 2 aromatic rings. The molecule has 1 aliphatic rings. The standard InChI is InChI=1S/C16H18N4O2/c1-19-10-8-17-14(15(19)21)18-16(22)20-9-7-13(11-20)12-5-3-2-4-6-12/h2-6,8,10,13H,7,9,11H2,1H3,(H,17,18,22)/t13-/m0/s1. The second kappa shape index (κ2) is 6.01. The van der Waals surface area contributed by atoms with Crippen molar-refractivity contribution in [1.82, 2.24) is 14.5 Å². The van der Waals surface area contributed by atoms with Gasteiger partial charge in [-0.05, 0) is 12.0 Å². The maximum atomic E-state index is 12.3. The maximum Gasteiger partial charge on any atom is 0.323 e. The quantitative estimate of drug-likeness (QED) is 0.919. The third kappa shape index (κ3) is 2.86. The second-order valence-corrected chi connectivity index (χ2v) is 5.46. The predicted molar refractivity (Wildman–Crippen MR) is 83.9 cm³/mol. The maximum absolute atomic E-state index is 12.3. The van der Waals surface area contributed by atoms with Crippen LogP contribution in [0.15, 0.2) is 47.5 Å². The van der Waals surface area contributed by atoms with E-state index in [1.165, 1.54) is 16.3 Å². The summed E-state index contributed by atoms with van der Waals surface area (Å²) in [6, 6.07) is 9.90. The van der Waals surface area contributed by atoms with E-state index in [9.17, 15) is 9.59 Å². The van der Waals surface area contributed by atoms with Crippen molar-refractivity contribution in [2.75, 3.05) is 18.4 Å². The lowest BCUT2D eigenvalue weighted by molar-refractivity contribution is 0.222. The molecule has 1 aromatic carbocycles. The Morgan fingerprint density at radius 3 is 2.86 bits per heavy atom. The van der Waals surface area contributed by atoms with Crippen LogP contribution in [-0.4, -0.2) is 33.6 Å². The van der Waals surface area contributed by atoms with E-state index in [0.717, 1.165) is 6.42 Å². The van der Waals surface area contributed by atoms with Crippen LogP contribution in [-0.2, 0) is 7.05 Å². The normalized spacial score (nSPS) is 17.5. The monoisotopic (exact) mass is 298 g/mol. The highest BCUT2D eigenvalue weighted by atomic mass is 16.2. The fourth-order valence-corrected chi connectivity index (χ4v) is 2.71. The van der Waals surface area contributed by atoms with Crippen molar-refractivity contribution in [3.05, 3.63) is 58.6 Å². The zero-order valence-electron chi connectivity index (χ0n) is 12.4. The highest BCUT2D eigenvalue weighted by Gasteiger charge is 2.27. The van der Waals surface area contributed by atoms with Gasteiger partial charge >= 0.3 is 6.03 Å². The SMILES string of the molecule is Cn1ccnc(NC(=O)N2CC[C@H](c3ccccc3)C2)c1=O. The van der Waals surface area contributed by atoms with Crippen LogP contribution in [0.25, 0.3) is 0 Å². The molecule has 6 heteroatoms. The van der Waals surface area contributed by atoms with Gasteiger partial charge in [-0.15, -0.1) is 0 Å². The number of carbonyl (C=O) groups is 1. The van der Waals surface area contributed by atoms with E-state index in [1.807, 2.05) is 18.2 Å². The summed E-state index contributed by atoms with van der Waals surface area (Å²) in [7, 11) is 1.63. The average molecular weight is 298 g/mol. The molecule has 0 saturated carbocycles. The first kappa shape index (κ1) is 14.3. The summed E-state index contributed by atoms with van der Waals surface area (Å²) < 4.78 is 1.39. The molecule has 22 heavy (non-hydrogen) atoms. The summed E-state index contributed by atoms with van der Waals surface area (Å²) in [5.74, 6) is 0.414. The molecule has 2 amide bonds. The van der Waals surface area contributed by atoms with E-state index in [2.05, 4.69) is 22.4 Å². The molecule has 0 unspecified atom stereocenters. The van der Waals surface area contributed by atoms with Crippen molar-refractivity contribution in [1.29, 1.82) is 0 Å². The zero-order chi connectivity index (χ0) is 15.5. The third-order valence-electron chi connectivity index (χ3n) is 3.99. The first-order valence-corrected chi connectivity index (χ1v) is 7.27. The van der Waals surface area contributed by atoms with Crippen LogP contribution in [0.4, 0.5) is 10.6 Å². The number of aryl methyl sites for hydroxylation is 1. The number of nitrogens with zero attached hydrogens (tertiary/aromatic N) is 3. The Hall–Kier alpha value is -2.63. The fourth-order valence-electron chi connectivity index (χ4n) is 2.71. The lowest BCUT2D eigenvalue weighted by atomic mass is 9.99. The van der Waals surface area contributed by atoms with Crippen LogP contribution in [0.5, 0.6) is 0 Å². The van der Waals surface area contributed by atoms with Gasteiger partial charge in [0.05, 0.1) is 0 Å². The van der Waals surface area contributed by atoms with Crippen molar-refractivity contribution in [3.8, 4) is 0 Å². The number of hydrogen-bond acceptors (Lipinski definition) is 3. The molecule has 1 saturated heterocycles. The molecular formula is C16H18N4O2. The molecule has 1 N–H and O–H groups in total. The van der Waals surface area contributed by atoms with Gasteiger partial charge in [0.1, 0.15) is 0 Å². The van der Waals surface area contributed by atoms with Crippen LogP contribution in [0.2, 0.25) is 0 Å². The summed E-state index contributed by atoms with van der Waals surface area (Å²) in [5, 5.41) is 2.61. The van der Waals surface area contributed by atoms with Crippen LogP contribution < -0.4 is 10.9 Å². The summed E-state index contributed by atoms with van der Waals surface area (Å²) in [6.07, 6.45) is 3.98. The van der Waals surface area contributed by atoms with Crippen molar-refractivity contribution >= 4 is 11.8 Å². The van der Waals surface area contributed by atoms with Crippen molar-refractivity contribution in [3.63, 3.8) is 0 Å². The lowest BCUT2D eigenvalue weighted by Crippen LogP contribution is -2.35. The van der Waals surface area contributed by atoms with Crippen molar-refractivity contribution < 1.29 is 4.79 Å². The van der Waals surface area contributed by atoms with Crippen LogP contribution in [0.3, 0.4) is 0 Å². The molecule has 0 aliphatic carbocycles. The average Bonchev–Trinajstić information content (AvgIpc) is 3.03. The largest absolute Gasteiger partial charge is 0.324 e. The van der Waals surface area contributed by atoms with E-state index in [0.29, 0.717) is 19.0 Å². The molecule has 1 aliphatic heterocycles. The Morgan fingerprint density at radius 2 is 2.09 bits per heavy atom. The Kier molecular flexibility index (Phi) is 3.91. The minimum Gasteiger partial charge on any atom is -0.324 e. The molecule has 0 bridgehead atoms. The highest BCUT2D eigenvalue weighted by molar-refractivity contribution is 5.88. The minimum absolute atomic E-state index is 0.0677. The van der Waals surface area contributed by atoms with Gasteiger partial charge in [-0.2, -0.15) is 0 Å². The number of benzene rings is 1. The molecule has 6 nitrogen and oxygen atoms in total. The van der Waals surface area contributed by atoms with Gasteiger partial charge in [0.15, 0.2) is 0 Å². The number of aromatic nitrogens is 2. The van der Waals surface area contributed by atoms with Crippen LogP contribution >= 0.6 is 0 Å². The first-order chi connectivity index (χ1) is 10.6. The highest BCUT2D eigenvalue weighted by Crippen LogP contribution is 2.27. The number of anilines is 1. The number of hydrogen-bond donors (Lipinski definition) is 1. The molecule has 1 fully saturated rings. The Balaban J connectivity index is 1.67. The van der Waals surface area contributed by atoms with Gasteiger partial charge in [0, 0.05) is 38.4 Å². The third-order valence-corrected chi connectivity index (χ3v) is 3.99. The molecular weight excluding hydrogens is 280 g/mol. The van der Waals surface area contributed by atoms with Crippen LogP contribution in [0, 0.1) is 0 Å². The van der Waals surface area contributed by atoms with E-state index in [1.54, 1.807) is 18.1 Å². The zero-order valence-corrected chi connectivity index (χ0v) is 12.4. The van der Waals surface area contributed by atoms with Crippen molar-refractivity contribution in [2.24, 2.45) is 7.05 Å². The number of rotatable bonds is 2. The number of nitrogens with one attached hydrogen (secondary N) is 1. The van der Waals surface area contributed by atoms with Crippen LogP contribution in [0.1, 0.15) is 17.9 Å². The topological polar surface area (TPSA) is 67.2 Å². The van der Waals surface area contributed by atoms with E-state index < -0.39 is 0 Å².